The molecule has 1 aliphatic carbocycles. The molecule has 1 aromatic heterocycles. The quantitative estimate of drug-likeness (QED) is 0.728. The fourth-order valence-corrected chi connectivity index (χ4v) is 3.42. The van der Waals surface area contributed by atoms with Crippen molar-refractivity contribution in [3.63, 3.8) is 0 Å². The fraction of sp³-hybridized carbons (Fsp3) is 0.400. The summed E-state index contributed by atoms with van der Waals surface area (Å²) in [7, 11) is 1.60. The number of nitrogens with one attached hydrogen (secondary N) is 2. The summed E-state index contributed by atoms with van der Waals surface area (Å²) in [6.07, 6.45) is 8.63. The van der Waals surface area contributed by atoms with Gasteiger partial charge in [-0.05, 0) is 43.2 Å². The molecule has 0 spiro atoms. The minimum absolute atomic E-state index is 0.0552. The standard InChI is InChI=1S/C20H24ClN3O2/c1-26-18-9-8-15(21)13-17(18)24-19-12-14(10-11-22-19)20(25)23-16-6-4-2-3-5-7-16/h8-13,16H,2-7H2,1H3,(H,22,24)(H,23,25). The van der Waals surface area contributed by atoms with E-state index in [1.54, 1.807) is 43.6 Å². The van der Waals surface area contributed by atoms with Crippen LogP contribution >= 0.6 is 11.6 Å². The fourth-order valence-electron chi connectivity index (χ4n) is 3.25. The molecule has 0 radical (unpaired) electrons. The molecule has 138 valence electrons. The van der Waals surface area contributed by atoms with Gasteiger partial charge in [-0.3, -0.25) is 4.79 Å². The summed E-state index contributed by atoms with van der Waals surface area (Å²) in [5.41, 5.74) is 1.29. The Kier molecular flexibility index (Phi) is 6.34. The molecule has 2 aromatic rings. The average Bonchev–Trinajstić information content (AvgIpc) is 2.91. The molecule has 1 saturated carbocycles. The molecule has 1 heterocycles. The third-order valence-corrected chi connectivity index (χ3v) is 4.87. The summed E-state index contributed by atoms with van der Waals surface area (Å²) >= 11 is 6.06. The van der Waals surface area contributed by atoms with Crippen LogP contribution in [0.2, 0.25) is 5.02 Å². The number of anilines is 2. The highest BCUT2D eigenvalue weighted by molar-refractivity contribution is 6.31. The molecule has 0 bridgehead atoms. The van der Waals surface area contributed by atoms with Crippen LogP contribution in [0.4, 0.5) is 11.5 Å². The Balaban J connectivity index is 1.71. The Hall–Kier alpha value is -2.27. The van der Waals surface area contributed by atoms with Crippen LogP contribution in [0.5, 0.6) is 5.75 Å². The summed E-state index contributed by atoms with van der Waals surface area (Å²) in [5.74, 6) is 1.17. The summed E-state index contributed by atoms with van der Waals surface area (Å²) in [5, 5.41) is 6.92. The zero-order chi connectivity index (χ0) is 18.4. The van der Waals surface area contributed by atoms with E-state index in [1.165, 1.54) is 25.7 Å². The summed E-state index contributed by atoms with van der Waals surface area (Å²) < 4.78 is 5.33. The topological polar surface area (TPSA) is 63.2 Å². The molecule has 0 aliphatic heterocycles. The van der Waals surface area contributed by atoms with Crippen LogP contribution in [-0.2, 0) is 0 Å². The summed E-state index contributed by atoms with van der Waals surface area (Å²) in [4.78, 5) is 16.9. The third kappa shape index (κ3) is 4.88. The number of halogens is 1. The number of pyridine rings is 1. The van der Waals surface area contributed by atoms with Crippen molar-refractivity contribution in [2.45, 2.75) is 44.6 Å². The van der Waals surface area contributed by atoms with Crippen molar-refractivity contribution in [3.05, 3.63) is 47.1 Å². The normalized spacial score (nSPS) is 15.2. The van der Waals surface area contributed by atoms with Gasteiger partial charge in [-0.15, -0.1) is 0 Å². The van der Waals surface area contributed by atoms with Crippen LogP contribution in [0.25, 0.3) is 0 Å². The first-order chi connectivity index (χ1) is 12.7. The van der Waals surface area contributed by atoms with E-state index in [4.69, 9.17) is 16.3 Å². The maximum Gasteiger partial charge on any atom is 0.251 e. The molecule has 0 saturated heterocycles. The summed E-state index contributed by atoms with van der Waals surface area (Å²) in [6, 6.07) is 9.05. The highest BCUT2D eigenvalue weighted by atomic mass is 35.5. The smallest absolute Gasteiger partial charge is 0.251 e. The summed E-state index contributed by atoms with van der Waals surface area (Å²) in [6.45, 7) is 0. The number of benzene rings is 1. The van der Waals surface area contributed by atoms with Crippen LogP contribution in [0.3, 0.4) is 0 Å². The van der Waals surface area contributed by atoms with E-state index in [0.717, 1.165) is 12.8 Å². The number of methoxy groups -OCH3 is 1. The van der Waals surface area contributed by atoms with Crippen molar-refractivity contribution < 1.29 is 9.53 Å². The maximum absolute atomic E-state index is 12.6. The van der Waals surface area contributed by atoms with Gasteiger partial charge in [-0.2, -0.15) is 0 Å². The monoisotopic (exact) mass is 373 g/mol. The number of nitrogens with zero attached hydrogens (tertiary/aromatic N) is 1. The Labute approximate surface area is 159 Å². The Morgan fingerprint density at radius 2 is 1.92 bits per heavy atom. The number of rotatable bonds is 5. The molecule has 3 rings (SSSR count). The molecular weight excluding hydrogens is 350 g/mol. The van der Waals surface area contributed by atoms with E-state index in [0.29, 0.717) is 27.8 Å². The Morgan fingerprint density at radius 1 is 1.15 bits per heavy atom. The first-order valence-corrected chi connectivity index (χ1v) is 9.41. The van der Waals surface area contributed by atoms with Gasteiger partial charge in [0.15, 0.2) is 0 Å². The van der Waals surface area contributed by atoms with Crippen LogP contribution < -0.4 is 15.4 Å². The van der Waals surface area contributed by atoms with Gasteiger partial charge in [0, 0.05) is 22.8 Å². The first kappa shape index (κ1) is 18.5. The average molecular weight is 374 g/mol. The second-order valence-corrected chi connectivity index (χ2v) is 7.00. The molecule has 0 atom stereocenters. The minimum atomic E-state index is -0.0552. The van der Waals surface area contributed by atoms with E-state index in [-0.39, 0.29) is 11.9 Å². The van der Waals surface area contributed by atoms with Crippen molar-refractivity contribution in [3.8, 4) is 5.75 Å². The number of hydrogen-bond donors (Lipinski definition) is 2. The lowest BCUT2D eigenvalue weighted by atomic mass is 10.1. The van der Waals surface area contributed by atoms with Gasteiger partial charge in [-0.25, -0.2) is 4.98 Å². The van der Waals surface area contributed by atoms with E-state index >= 15 is 0 Å². The number of ether oxygens (including phenoxy) is 1. The molecule has 1 amide bonds. The van der Waals surface area contributed by atoms with Gasteiger partial charge in [0.2, 0.25) is 0 Å². The van der Waals surface area contributed by atoms with Crippen LogP contribution in [0.1, 0.15) is 48.9 Å². The van der Waals surface area contributed by atoms with E-state index in [9.17, 15) is 4.79 Å². The SMILES string of the molecule is COc1ccc(Cl)cc1Nc1cc(C(=O)NC2CCCCCC2)ccn1. The molecule has 1 fully saturated rings. The minimum Gasteiger partial charge on any atom is -0.495 e. The zero-order valence-electron chi connectivity index (χ0n) is 14.9. The maximum atomic E-state index is 12.6. The van der Waals surface area contributed by atoms with E-state index in [1.807, 2.05) is 0 Å². The van der Waals surface area contributed by atoms with Crippen LogP contribution in [0, 0.1) is 0 Å². The highest BCUT2D eigenvalue weighted by Gasteiger charge is 2.16. The molecule has 0 unspecified atom stereocenters. The van der Waals surface area contributed by atoms with Crippen molar-refractivity contribution in [2.24, 2.45) is 0 Å². The number of hydrogen-bond acceptors (Lipinski definition) is 4. The molecule has 5 nitrogen and oxygen atoms in total. The lowest BCUT2D eigenvalue weighted by Gasteiger charge is -2.16. The number of amides is 1. The molecule has 6 heteroatoms. The lowest BCUT2D eigenvalue weighted by molar-refractivity contribution is 0.0933. The third-order valence-electron chi connectivity index (χ3n) is 4.64. The van der Waals surface area contributed by atoms with Crippen molar-refractivity contribution in [1.29, 1.82) is 0 Å². The van der Waals surface area contributed by atoms with Gasteiger partial charge in [0.25, 0.3) is 5.91 Å². The van der Waals surface area contributed by atoms with Gasteiger partial charge < -0.3 is 15.4 Å². The van der Waals surface area contributed by atoms with Gasteiger partial charge >= 0.3 is 0 Å². The first-order valence-electron chi connectivity index (χ1n) is 9.03. The molecule has 2 N–H and O–H groups in total. The predicted octanol–water partition coefficient (Wildman–Crippen LogP) is 4.94. The van der Waals surface area contributed by atoms with Gasteiger partial charge in [0.05, 0.1) is 12.8 Å². The molecule has 26 heavy (non-hydrogen) atoms. The van der Waals surface area contributed by atoms with E-state index < -0.39 is 0 Å². The van der Waals surface area contributed by atoms with Gasteiger partial charge in [0.1, 0.15) is 11.6 Å². The van der Waals surface area contributed by atoms with Gasteiger partial charge in [-0.1, -0.05) is 37.3 Å². The van der Waals surface area contributed by atoms with Crippen molar-refractivity contribution in [1.82, 2.24) is 10.3 Å². The van der Waals surface area contributed by atoms with Crippen molar-refractivity contribution in [2.75, 3.05) is 12.4 Å². The number of carbonyl (C=O) groups excluding carboxylic acids is 1. The predicted molar refractivity (Wildman–Crippen MR) is 104 cm³/mol. The molecule has 1 aliphatic rings. The second kappa shape index (κ2) is 8.90. The largest absolute Gasteiger partial charge is 0.495 e. The number of aromatic nitrogens is 1. The number of carbonyl (C=O) groups is 1. The molecule has 1 aromatic carbocycles. The lowest BCUT2D eigenvalue weighted by Crippen LogP contribution is -2.34. The zero-order valence-corrected chi connectivity index (χ0v) is 15.7. The van der Waals surface area contributed by atoms with Crippen LogP contribution in [0.15, 0.2) is 36.5 Å². The van der Waals surface area contributed by atoms with E-state index in [2.05, 4.69) is 15.6 Å². The van der Waals surface area contributed by atoms with Crippen molar-refractivity contribution >= 4 is 29.0 Å². The van der Waals surface area contributed by atoms with Crippen LogP contribution in [-0.4, -0.2) is 24.0 Å². The highest BCUT2D eigenvalue weighted by Crippen LogP contribution is 2.30. The Bertz CT molecular complexity index is 758. The Morgan fingerprint density at radius 3 is 2.65 bits per heavy atom. The molecular formula is C20H24ClN3O2. The second-order valence-electron chi connectivity index (χ2n) is 6.56.